The van der Waals surface area contributed by atoms with Crippen molar-refractivity contribution < 1.29 is 0 Å². The van der Waals surface area contributed by atoms with Gasteiger partial charge in [0.25, 0.3) is 5.56 Å². The fraction of sp³-hybridized carbons (Fsp3) is 0.231. The normalized spacial score (nSPS) is 10.3. The van der Waals surface area contributed by atoms with Crippen molar-refractivity contribution >= 4 is 5.69 Å². The zero-order valence-corrected chi connectivity index (χ0v) is 10.2. The van der Waals surface area contributed by atoms with Gasteiger partial charge in [0.1, 0.15) is 0 Å². The van der Waals surface area contributed by atoms with Gasteiger partial charge in [-0.25, -0.2) is 0 Å². The number of aromatic nitrogens is 2. The summed E-state index contributed by atoms with van der Waals surface area (Å²) >= 11 is 0. The van der Waals surface area contributed by atoms with Gasteiger partial charge in [-0.15, -0.1) is 0 Å². The molecule has 1 heterocycles. The molecule has 0 aliphatic carbocycles. The van der Waals surface area contributed by atoms with E-state index in [9.17, 15) is 4.79 Å². The second-order valence-corrected chi connectivity index (χ2v) is 4.03. The summed E-state index contributed by atoms with van der Waals surface area (Å²) in [5, 5.41) is 7.05. The zero-order chi connectivity index (χ0) is 12.4. The minimum absolute atomic E-state index is 0.135. The van der Waals surface area contributed by atoms with Gasteiger partial charge in [0.15, 0.2) is 0 Å². The van der Waals surface area contributed by atoms with Crippen LogP contribution in [0.25, 0.3) is 5.69 Å². The Morgan fingerprint density at radius 3 is 2.59 bits per heavy atom. The Bertz CT molecular complexity index is 602. The highest BCUT2D eigenvalue weighted by atomic mass is 16.1. The molecular weight excluding hydrogens is 214 g/mol. The molecule has 2 rings (SSSR count). The van der Waals surface area contributed by atoms with E-state index in [0.717, 1.165) is 16.9 Å². The van der Waals surface area contributed by atoms with E-state index >= 15 is 0 Å². The van der Waals surface area contributed by atoms with E-state index in [1.807, 2.05) is 32.0 Å². The molecule has 0 saturated heterocycles. The van der Waals surface area contributed by atoms with E-state index in [-0.39, 0.29) is 5.56 Å². The Morgan fingerprint density at radius 1 is 1.24 bits per heavy atom. The summed E-state index contributed by atoms with van der Waals surface area (Å²) in [6.07, 6.45) is 1.64. The summed E-state index contributed by atoms with van der Waals surface area (Å²) in [4.78, 5) is 11.9. The average Bonchev–Trinajstić information content (AvgIpc) is 2.30. The molecule has 17 heavy (non-hydrogen) atoms. The van der Waals surface area contributed by atoms with Gasteiger partial charge in [0, 0.05) is 13.1 Å². The van der Waals surface area contributed by atoms with Crippen LogP contribution in [0.2, 0.25) is 0 Å². The molecular formula is C13H15N3O. The third-order valence-corrected chi connectivity index (χ3v) is 2.67. The monoisotopic (exact) mass is 229 g/mol. The maximum absolute atomic E-state index is 11.9. The lowest BCUT2D eigenvalue weighted by Crippen LogP contribution is -2.21. The van der Waals surface area contributed by atoms with E-state index in [0.29, 0.717) is 0 Å². The number of nitrogens with zero attached hydrogens (tertiary/aromatic N) is 2. The lowest BCUT2D eigenvalue weighted by molar-refractivity contribution is 0.802. The number of benzene rings is 1. The fourth-order valence-corrected chi connectivity index (χ4v) is 1.77. The van der Waals surface area contributed by atoms with Gasteiger partial charge in [-0.05, 0) is 25.5 Å². The van der Waals surface area contributed by atoms with Crippen LogP contribution in [0.15, 0.2) is 35.3 Å². The number of rotatable bonds is 2. The van der Waals surface area contributed by atoms with E-state index in [4.69, 9.17) is 0 Å². The van der Waals surface area contributed by atoms with Crippen molar-refractivity contribution in [1.29, 1.82) is 0 Å². The predicted octanol–water partition coefficient (Wildman–Crippen LogP) is 1.89. The molecule has 0 atom stereocenters. The van der Waals surface area contributed by atoms with Gasteiger partial charge in [-0.2, -0.15) is 9.78 Å². The van der Waals surface area contributed by atoms with Gasteiger partial charge < -0.3 is 5.32 Å². The molecule has 88 valence electrons. The SMILES string of the molecule is CNc1cnn(-c2ccc(C)cc2C)c(=O)c1. The van der Waals surface area contributed by atoms with Gasteiger partial charge in [-0.1, -0.05) is 17.7 Å². The summed E-state index contributed by atoms with van der Waals surface area (Å²) in [6, 6.07) is 7.46. The third-order valence-electron chi connectivity index (χ3n) is 2.67. The number of hydrogen-bond acceptors (Lipinski definition) is 3. The van der Waals surface area contributed by atoms with Crippen molar-refractivity contribution in [2.24, 2.45) is 0 Å². The van der Waals surface area contributed by atoms with Crippen molar-refractivity contribution in [3.63, 3.8) is 0 Å². The van der Waals surface area contributed by atoms with E-state index < -0.39 is 0 Å². The lowest BCUT2D eigenvalue weighted by Gasteiger charge is -2.09. The number of anilines is 1. The molecule has 0 spiro atoms. The first-order valence-corrected chi connectivity index (χ1v) is 5.46. The summed E-state index contributed by atoms with van der Waals surface area (Å²) < 4.78 is 1.41. The highest BCUT2D eigenvalue weighted by molar-refractivity contribution is 5.44. The van der Waals surface area contributed by atoms with Crippen molar-refractivity contribution in [1.82, 2.24) is 9.78 Å². The van der Waals surface area contributed by atoms with Crippen LogP contribution in [0.3, 0.4) is 0 Å². The molecule has 2 aromatic rings. The molecule has 0 fully saturated rings. The summed E-state index contributed by atoms with van der Waals surface area (Å²) in [7, 11) is 1.76. The molecule has 0 bridgehead atoms. The summed E-state index contributed by atoms with van der Waals surface area (Å²) in [5.74, 6) is 0. The zero-order valence-electron chi connectivity index (χ0n) is 10.2. The van der Waals surface area contributed by atoms with Crippen molar-refractivity contribution in [3.05, 3.63) is 51.9 Å². The molecule has 0 radical (unpaired) electrons. The summed E-state index contributed by atoms with van der Waals surface area (Å²) in [6.45, 7) is 4.00. The minimum atomic E-state index is -0.135. The Balaban J connectivity index is 2.57. The maximum Gasteiger partial charge on any atom is 0.273 e. The number of aryl methyl sites for hydroxylation is 2. The number of hydrogen-bond donors (Lipinski definition) is 1. The summed E-state index contributed by atoms with van der Waals surface area (Å²) in [5.41, 5.74) is 3.62. The van der Waals surface area contributed by atoms with Gasteiger partial charge in [-0.3, -0.25) is 4.79 Å². The van der Waals surface area contributed by atoms with Gasteiger partial charge >= 0.3 is 0 Å². The molecule has 0 amide bonds. The quantitative estimate of drug-likeness (QED) is 0.855. The van der Waals surface area contributed by atoms with Crippen LogP contribution < -0.4 is 10.9 Å². The molecule has 1 aromatic carbocycles. The average molecular weight is 229 g/mol. The van der Waals surface area contributed by atoms with Crippen LogP contribution in [0, 0.1) is 13.8 Å². The second kappa shape index (κ2) is 4.41. The second-order valence-electron chi connectivity index (χ2n) is 4.03. The standard InChI is InChI=1S/C13H15N3O/c1-9-4-5-12(10(2)6-9)16-13(17)7-11(14-3)8-15-16/h4-8,14H,1-3H3. The Morgan fingerprint density at radius 2 is 2.00 bits per heavy atom. The third kappa shape index (κ3) is 2.20. The van der Waals surface area contributed by atoms with E-state index in [1.54, 1.807) is 13.2 Å². The van der Waals surface area contributed by atoms with Crippen molar-refractivity contribution in [3.8, 4) is 5.69 Å². The largest absolute Gasteiger partial charge is 0.387 e. The van der Waals surface area contributed by atoms with Crippen LogP contribution in [0.4, 0.5) is 5.69 Å². The molecule has 1 N–H and O–H groups in total. The highest BCUT2D eigenvalue weighted by Crippen LogP contribution is 2.13. The first-order chi connectivity index (χ1) is 8.11. The van der Waals surface area contributed by atoms with E-state index in [1.165, 1.54) is 16.3 Å². The lowest BCUT2D eigenvalue weighted by atomic mass is 10.1. The topological polar surface area (TPSA) is 46.9 Å². The molecule has 0 aliphatic rings. The first-order valence-electron chi connectivity index (χ1n) is 5.46. The van der Waals surface area contributed by atoms with Crippen molar-refractivity contribution in [2.45, 2.75) is 13.8 Å². The Labute approximate surface area is 99.9 Å². The first kappa shape index (κ1) is 11.4. The maximum atomic E-state index is 11.9. The minimum Gasteiger partial charge on any atom is -0.387 e. The predicted molar refractivity (Wildman–Crippen MR) is 68.9 cm³/mol. The molecule has 4 heteroatoms. The molecule has 0 aliphatic heterocycles. The van der Waals surface area contributed by atoms with Crippen LogP contribution in [0.5, 0.6) is 0 Å². The Kier molecular flexibility index (Phi) is 2.95. The Hall–Kier alpha value is -2.10. The smallest absolute Gasteiger partial charge is 0.273 e. The molecule has 0 unspecified atom stereocenters. The van der Waals surface area contributed by atoms with Crippen LogP contribution in [0.1, 0.15) is 11.1 Å². The van der Waals surface area contributed by atoms with Crippen molar-refractivity contribution in [2.75, 3.05) is 12.4 Å². The van der Waals surface area contributed by atoms with Gasteiger partial charge in [0.2, 0.25) is 0 Å². The molecule has 4 nitrogen and oxygen atoms in total. The van der Waals surface area contributed by atoms with Crippen LogP contribution >= 0.6 is 0 Å². The van der Waals surface area contributed by atoms with Crippen LogP contribution in [-0.2, 0) is 0 Å². The molecule has 1 aromatic heterocycles. The van der Waals surface area contributed by atoms with E-state index in [2.05, 4.69) is 10.4 Å². The fourth-order valence-electron chi connectivity index (χ4n) is 1.77. The highest BCUT2D eigenvalue weighted by Gasteiger charge is 2.05. The molecule has 0 saturated carbocycles. The van der Waals surface area contributed by atoms with Gasteiger partial charge in [0.05, 0.1) is 17.6 Å². The number of nitrogens with one attached hydrogen (secondary N) is 1. The van der Waals surface area contributed by atoms with Crippen LogP contribution in [-0.4, -0.2) is 16.8 Å².